The van der Waals surface area contributed by atoms with Crippen LogP contribution in [0.25, 0.3) is 0 Å². The Balaban J connectivity index is 1.87. The van der Waals surface area contributed by atoms with Gasteiger partial charge in [0.05, 0.1) is 13.2 Å². The van der Waals surface area contributed by atoms with Gasteiger partial charge in [-0.1, -0.05) is 13.8 Å². The third kappa shape index (κ3) is 4.12. The molecule has 0 saturated carbocycles. The van der Waals surface area contributed by atoms with Gasteiger partial charge in [0, 0.05) is 31.0 Å². The monoisotopic (exact) mass is 277 g/mol. The molecule has 1 fully saturated rings. The smallest absolute Gasteiger partial charge is 0.0642 e. The minimum absolute atomic E-state index is 0.522. The minimum atomic E-state index is 0.522. The van der Waals surface area contributed by atoms with Crippen molar-refractivity contribution in [3.8, 4) is 0 Å². The predicted molar refractivity (Wildman–Crippen MR) is 85.3 cm³/mol. The molecule has 0 aromatic heterocycles. The van der Waals surface area contributed by atoms with Gasteiger partial charge >= 0.3 is 0 Å². The van der Waals surface area contributed by atoms with E-state index in [0.29, 0.717) is 11.8 Å². The molecule has 2 rings (SSSR count). The molecule has 1 unspecified atom stereocenters. The number of nitrogens with one attached hydrogen (secondary N) is 1. The maximum absolute atomic E-state index is 5.80. The molecule has 0 radical (unpaired) electrons. The van der Waals surface area contributed by atoms with Crippen molar-refractivity contribution in [2.45, 2.75) is 13.8 Å². The van der Waals surface area contributed by atoms with E-state index in [1.807, 2.05) is 0 Å². The fourth-order valence-corrected chi connectivity index (χ4v) is 2.45. The molecule has 3 N–H and O–H groups in total. The van der Waals surface area contributed by atoms with E-state index in [1.54, 1.807) is 0 Å². The summed E-state index contributed by atoms with van der Waals surface area (Å²) in [6.07, 6.45) is 0. The molecule has 4 nitrogen and oxygen atoms in total. The second kappa shape index (κ2) is 7.50. The van der Waals surface area contributed by atoms with Gasteiger partial charge in [-0.05, 0) is 42.6 Å². The Morgan fingerprint density at radius 2 is 1.85 bits per heavy atom. The molecule has 0 aliphatic carbocycles. The van der Waals surface area contributed by atoms with Crippen molar-refractivity contribution in [3.63, 3.8) is 0 Å². The Bertz CT molecular complexity index is 385. The Labute approximate surface area is 122 Å². The fraction of sp³-hybridized carbons (Fsp3) is 0.625. The molecule has 4 heteroatoms. The molecule has 1 heterocycles. The lowest BCUT2D eigenvalue weighted by Gasteiger charge is -2.29. The summed E-state index contributed by atoms with van der Waals surface area (Å²) >= 11 is 0. The second-order valence-electron chi connectivity index (χ2n) is 5.77. The number of hydrogen-bond acceptors (Lipinski definition) is 4. The van der Waals surface area contributed by atoms with Crippen LogP contribution >= 0.6 is 0 Å². The minimum Gasteiger partial charge on any atom is -0.385 e. The van der Waals surface area contributed by atoms with Crippen molar-refractivity contribution in [1.82, 2.24) is 0 Å². The first kappa shape index (κ1) is 15.1. The number of morpholine rings is 1. The zero-order valence-electron chi connectivity index (χ0n) is 12.6. The molecular weight excluding hydrogens is 250 g/mol. The van der Waals surface area contributed by atoms with E-state index in [0.717, 1.165) is 39.4 Å². The van der Waals surface area contributed by atoms with Crippen LogP contribution in [0.15, 0.2) is 24.3 Å². The number of nitrogens with two attached hydrogens (primary N) is 1. The van der Waals surface area contributed by atoms with E-state index in [4.69, 9.17) is 10.5 Å². The summed E-state index contributed by atoms with van der Waals surface area (Å²) in [5.41, 5.74) is 8.24. The van der Waals surface area contributed by atoms with Crippen LogP contribution in [0.3, 0.4) is 0 Å². The molecule has 0 spiro atoms. The maximum Gasteiger partial charge on any atom is 0.0642 e. The van der Waals surface area contributed by atoms with Crippen LogP contribution in [-0.2, 0) is 4.74 Å². The van der Waals surface area contributed by atoms with E-state index in [1.165, 1.54) is 11.4 Å². The van der Waals surface area contributed by atoms with E-state index < -0.39 is 0 Å². The second-order valence-corrected chi connectivity index (χ2v) is 5.77. The predicted octanol–water partition coefficient (Wildman–Crippen LogP) is 2.17. The van der Waals surface area contributed by atoms with Gasteiger partial charge in [0.2, 0.25) is 0 Å². The van der Waals surface area contributed by atoms with Crippen LogP contribution in [0.1, 0.15) is 13.8 Å². The standard InChI is InChI=1S/C16H27N3O/c1-13(2)14(11-17)12-18-15-3-5-16(6-4-15)19-7-9-20-10-8-19/h3-6,13-14,18H,7-12,17H2,1-2H3. The summed E-state index contributed by atoms with van der Waals surface area (Å²) in [4.78, 5) is 2.37. The van der Waals surface area contributed by atoms with Gasteiger partial charge in [-0.3, -0.25) is 0 Å². The van der Waals surface area contributed by atoms with Gasteiger partial charge < -0.3 is 20.7 Å². The highest BCUT2D eigenvalue weighted by Gasteiger charge is 2.12. The molecule has 1 aliphatic rings. The zero-order valence-corrected chi connectivity index (χ0v) is 12.6. The first-order valence-electron chi connectivity index (χ1n) is 7.57. The molecule has 0 amide bonds. The van der Waals surface area contributed by atoms with E-state index in [9.17, 15) is 0 Å². The molecule has 20 heavy (non-hydrogen) atoms. The Kier molecular flexibility index (Phi) is 5.68. The van der Waals surface area contributed by atoms with Gasteiger partial charge in [-0.15, -0.1) is 0 Å². The lowest BCUT2D eigenvalue weighted by Crippen LogP contribution is -2.36. The molecule has 1 aliphatic heterocycles. The van der Waals surface area contributed by atoms with Crippen LogP contribution in [0.2, 0.25) is 0 Å². The first-order chi connectivity index (χ1) is 9.70. The van der Waals surface area contributed by atoms with Crippen LogP contribution < -0.4 is 16.0 Å². The van der Waals surface area contributed by atoms with Gasteiger partial charge in [0.25, 0.3) is 0 Å². The SMILES string of the molecule is CC(C)C(CN)CNc1ccc(N2CCOCC2)cc1. The molecule has 0 bridgehead atoms. The Morgan fingerprint density at radius 3 is 2.40 bits per heavy atom. The topological polar surface area (TPSA) is 50.5 Å². The number of hydrogen-bond donors (Lipinski definition) is 2. The first-order valence-corrected chi connectivity index (χ1v) is 7.57. The van der Waals surface area contributed by atoms with Gasteiger partial charge in [-0.25, -0.2) is 0 Å². The highest BCUT2D eigenvalue weighted by Crippen LogP contribution is 2.19. The van der Waals surface area contributed by atoms with Crippen LogP contribution in [-0.4, -0.2) is 39.4 Å². The highest BCUT2D eigenvalue weighted by atomic mass is 16.5. The number of benzene rings is 1. The molecule has 1 saturated heterocycles. The number of nitrogens with zero attached hydrogens (tertiary/aromatic N) is 1. The van der Waals surface area contributed by atoms with Crippen LogP contribution in [0, 0.1) is 11.8 Å². The molecule has 1 aromatic carbocycles. The molecular formula is C16H27N3O. The number of ether oxygens (including phenoxy) is 1. The van der Waals surface area contributed by atoms with Crippen molar-refractivity contribution in [1.29, 1.82) is 0 Å². The normalized spacial score (nSPS) is 17.3. The summed E-state index contributed by atoms with van der Waals surface area (Å²) < 4.78 is 5.38. The maximum atomic E-state index is 5.80. The summed E-state index contributed by atoms with van der Waals surface area (Å²) in [6, 6.07) is 8.67. The third-order valence-corrected chi connectivity index (χ3v) is 4.06. The summed E-state index contributed by atoms with van der Waals surface area (Å²) in [6.45, 7) is 9.73. The molecule has 112 valence electrons. The Morgan fingerprint density at radius 1 is 1.20 bits per heavy atom. The quantitative estimate of drug-likeness (QED) is 0.836. The van der Waals surface area contributed by atoms with E-state index in [2.05, 4.69) is 48.3 Å². The van der Waals surface area contributed by atoms with E-state index in [-0.39, 0.29) is 0 Å². The van der Waals surface area contributed by atoms with Crippen molar-refractivity contribution < 1.29 is 4.74 Å². The van der Waals surface area contributed by atoms with Crippen molar-refractivity contribution in [2.75, 3.05) is 49.6 Å². The van der Waals surface area contributed by atoms with Gasteiger partial charge in [0.15, 0.2) is 0 Å². The highest BCUT2D eigenvalue weighted by molar-refractivity contribution is 5.55. The number of rotatable bonds is 6. The van der Waals surface area contributed by atoms with Crippen molar-refractivity contribution >= 4 is 11.4 Å². The summed E-state index contributed by atoms with van der Waals surface area (Å²) in [5.74, 6) is 1.13. The lowest BCUT2D eigenvalue weighted by molar-refractivity contribution is 0.122. The fourth-order valence-electron chi connectivity index (χ4n) is 2.45. The lowest BCUT2D eigenvalue weighted by atomic mass is 9.96. The van der Waals surface area contributed by atoms with Gasteiger partial charge in [0.1, 0.15) is 0 Å². The third-order valence-electron chi connectivity index (χ3n) is 4.06. The van der Waals surface area contributed by atoms with Crippen molar-refractivity contribution in [2.24, 2.45) is 17.6 Å². The average Bonchev–Trinajstić information content (AvgIpc) is 2.49. The summed E-state index contributed by atoms with van der Waals surface area (Å²) in [5, 5.41) is 3.48. The molecule has 1 aromatic rings. The average molecular weight is 277 g/mol. The summed E-state index contributed by atoms with van der Waals surface area (Å²) in [7, 11) is 0. The Hall–Kier alpha value is -1.26. The van der Waals surface area contributed by atoms with Crippen LogP contribution in [0.5, 0.6) is 0 Å². The largest absolute Gasteiger partial charge is 0.385 e. The van der Waals surface area contributed by atoms with Crippen LogP contribution in [0.4, 0.5) is 11.4 Å². The van der Waals surface area contributed by atoms with Crippen molar-refractivity contribution in [3.05, 3.63) is 24.3 Å². The zero-order chi connectivity index (χ0) is 14.4. The van der Waals surface area contributed by atoms with Gasteiger partial charge in [-0.2, -0.15) is 0 Å². The number of anilines is 2. The molecule has 1 atom stereocenters. The van der Waals surface area contributed by atoms with E-state index >= 15 is 0 Å².